The molecule has 0 bridgehead atoms. The van der Waals surface area contributed by atoms with Gasteiger partial charge in [-0.1, -0.05) is 83.1 Å². The summed E-state index contributed by atoms with van der Waals surface area (Å²) in [5.41, 5.74) is 5.68. The lowest BCUT2D eigenvalue weighted by Gasteiger charge is -2.23. The first-order valence-corrected chi connectivity index (χ1v) is 7.09. The molecule has 0 atom stereocenters. The van der Waals surface area contributed by atoms with Crippen molar-refractivity contribution in [2.75, 3.05) is 0 Å². The number of hydrogen-bond acceptors (Lipinski definition) is 0. The fourth-order valence-corrected chi connectivity index (χ4v) is 2.45. The van der Waals surface area contributed by atoms with E-state index in [1.54, 1.807) is 0 Å². The monoisotopic (exact) mass is 252 g/mol. The smallest absolute Gasteiger partial charge is 0.0126 e. The quantitative estimate of drug-likeness (QED) is 0.636. The van der Waals surface area contributed by atoms with Crippen LogP contribution in [0.4, 0.5) is 0 Å². The number of hydrogen-bond donors (Lipinski definition) is 0. The lowest BCUT2D eigenvalue weighted by atomic mass is 9.81. The molecule has 0 nitrogen and oxygen atoms in total. The Kier molecular flexibility index (Phi) is 3.80. The zero-order valence-corrected chi connectivity index (χ0v) is 12.7. The first-order valence-electron chi connectivity index (χ1n) is 7.09. The van der Waals surface area contributed by atoms with Gasteiger partial charge in [0.15, 0.2) is 0 Å². The molecule has 0 aliphatic carbocycles. The van der Waals surface area contributed by atoms with Crippen LogP contribution in [-0.2, 0) is 5.41 Å². The summed E-state index contributed by atoms with van der Waals surface area (Å²) >= 11 is 0. The standard InChI is InChI=1S/C19H24/c1-14(2)15-9-8-10-16(13-15)17-11-6-7-12-18(17)19(3,4)5/h6-14H,1-5H3. The van der Waals surface area contributed by atoms with Crippen LogP contribution in [0.1, 0.15) is 51.7 Å². The predicted molar refractivity (Wildman–Crippen MR) is 84.7 cm³/mol. The molecular formula is C19H24. The summed E-state index contributed by atoms with van der Waals surface area (Å²) in [7, 11) is 0. The average Bonchev–Trinajstić information content (AvgIpc) is 2.38. The van der Waals surface area contributed by atoms with Crippen molar-refractivity contribution in [3.8, 4) is 11.1 Å². The molecule has 0 saturated carbocycles. The summed E-state index contributed by atoms with van der Waals surface area (Å²) < 4.78 is 0. The summed E-state index contributed by atoms with van der Waals surface area (Å²) in [6, 6.07) is 17.7. The lowest BCUT2D eigenvalue weighted by Crippen LogP contribution is -2.12. The van der Waals surface area contributed by atoms with E-state index in [-0.39, 0.29) is 5.41 Å². The van der Waals surface area contributed by atoms with E-state index in [4.69, 9.17) is 0 Å². The molecule has 0 unspecified atom stereocenters. The van der Waals surface area contributed by atoms with Gasteiger partial charge in [-0.25, -0.2) is 0 Å². The molecule has 0 spiro atoms. The maximum absolute atomic E-state index is 2.33. The Morgan fingerprint density at radius 2 is 1.53 bits per heavy atom. The van der Waals surface area contributed by atoms with Gasteiger partial charge in [-0.15, -0.1) is 0 Å². The second-order valence-electron chi connectivity index (χ2n) is 6.58. The summed E-state index contributed by atoms with van der Waals surface area (Å²) in [6.07, 6.45) is 0. The van der Waals surface area contributed by atoms with E-state index in [2.05, 4.69) is 83.1 Å². The van der Waals surface area contributed by atoms with Crippen LogP contribution in [0.2, 0.25) is 0 Å². The molecule has 2 rings (SSSR count). The van der Waals surface area contributed by atoms with E-state index >= 15 is 0 Å². The average molecular weight is 252 g/mol. The Morgan fingerprint density at radius 1 is 0.842 bits per heavy atom. The Hall–Kier alpha value is -1.56. The largest absolute Gasteiger partial charge is 0.0619 e. The van der Waals surface area contributed by atoms with Crippen LogP contribution in [-0.4, -0.2) is 0 Å². The fraction of sp³-hybridized carbons (Fsp3) is 0.368. The molecule has 0 saturated heterocycles. The van der Waals surface area contributed by atoms with Crippen LogP contribution in [0.5, 0.6) is 0 Å². The third kappa shape index (κ3) is 3.07. The molecule has 0 amide bonds. The summed E-state index contributed by atoms with van der Waals surface area (Å²) in [4.78, 5) is 0. The molecule has 2 aromatic carbocycles. The van der Waals surface area contributed by atoms with Crippen LogP contribution < -0.4 is 0 Å². The molecule has 0 fully saturated rings. The highest BCUT2D eigenvalue weighted by Crippen LogP contribution is 2.33. The molecule has 0 N–H and O–H groups in total. The molecule has 0 radical (unpaired) electrons. The highest BCUT2D eigenvalue weighted by molar-refractivity contribution is 5.69. The zero-order chi connectivity index (χ0) is 14.0. The Bertz CT molecular complexity index is 556. The van der Waals surface area contributed by atoms with E-state index < -0.39 is 0 Å². The second-order valence-corrected chi connectivity index (χ2v) is 6.58. The van der Waals surface area contributed by atoms with Crippen LogP contribution in [0, 0.1) is 0 Å². The highest BCUT2D eigenvalue weighted by atomic mass is 14.2. The van der Waals surface area contributed by atoms with Gasteiger partial charge in [-0.05, 0) is 33.6 Å². The number of benzene rings is 2. The van der Waals surface area contributed by atoms with Crippen LogP contribution >= 0.6 is 0 Å². The Labute approximate surface area is 117 Å². The van der Waals surface area contributed by atoms with Crippen molar-refractivity contribution in [3.05, 3.63) is 59.7 Å². The van der Waals surface area contributed by atoms with E-state index in [1.165, 1.54) is 22.3 Å². The molecule has 0 aromatic heterocycles. The van der Waals surface area contributed by atoms with Gasteiger partial charge in [-0.2, -0.15) is 0 Å². The third-order valence-corrected chi connectivity index (χ3v) is 3.60. The van der Waals surface area contributed by atoms with Crippen LogP contribution in [0.25, 0.3) is 11.1 Å². The van der Waals surface area contributed by atoms with Crippen molar-refractivity contribution < 1.29 is 0 Å². The first-order chi connectivity index (χ1) is 8.89. The van der Waals surface area contributed by atoms with Gasteiger partial charge in [-0.3, -0.25) is 0 Å². The van der Waals surface area contributed by atoms with Gasteiger partial charge in [0.2, 0.25) is 0 Å². The van der Waals surface area contributed by atoms with E-state index in [1.807, 2.05) is 0 Å². The minimum absolute atomic E-state index is 0.171. The van der Waals surface area contributed by atoms with Gasteiger partial charge < -0.3 is 0 Å². The normalized spacial score (nSPS) is 11.9. The van der Waals surface area contributed by atoms with Crippen molar-refractivity contribution >= 4 is 0 Å². The molecule has 0 heterocycles. The number of rotatable bonds is 2. The maximum Gasteiger partial charge on any atom is -0.0126 e. The molecule has 2 aromatic rings. The molecular weight excluding hydrogens is 228 g/mol. The van der Waals surface area contributed by atoms with Gasteiger partial charge in [0.05, 0.1) is 0 Å². The van der Waals surface area contributed by atoms with Gasteiger partial charge in [0.1, 0.15) is 0 Å². The zero-order valence-electron chi connectivity index (χ0n) is 12.7. The van der Waals surface area contributed by atoms with Crippen molar-refractivity contribution in [2.24, 2.45) is 0 Å². The van der Waals surface area contributed by atoms with Gasteiger partial charge in [0, 0.05) is 0 Å². The minimum Gasteiger partial charge on any atom is -0.0619 e. The van der Waals surface area contributed by atoms with Crippen LogP contribution in [0.15, 0.2) is 48.5 Å². The minimum atomic E-state index is 0.171. The van der Waals surface area contributed by atoms with Crippen molar-refractivity contribution in [1.82, 2.24) is 0 Å². The van der Waals surface area contributed by atoms with Crippen molar-refractivity contribution in [2.45, 2.75) is 46.0 Å². The Morgan fingerprint density at radius 3 is 2.16 bits per heavy atom. The second kappa shape index (κ2) is 5.21. The maximum atomic E-state index is 2.33. The SMILES string of the molecule is CC(C)c1cccc(-c2ccccc2C(C)(C)C)c1. The van der Waals surface area contributed by atoms with Crippen LogP contribution in [0.3, 0.4) is 0 Å². The topological polar surface area (TPSA) is 0 Å². The lowest BCUT2D eigenvalue weighted by molar-refractivity contribution is 0.592. The summed E-state index contributed by atoms with van der Waals surface area (Å²) in [6.45, 7) is 11.3. The highest BCUT2D eigenvalue weighted by Gasteiger charge is 2.18. The van der Waals surface area contributed by atoms with E-state index in [0.29, 0.717) is 5.92 Å². The Balaban J connectivity index is 2.56. The fourth-order valence-electron chi connectivity index (χ4n) is 2.45. The molecule has 19 heavy (non-hydrogen) atoms. The predicted octanol–water partition coefficient (Wildman–Crippen LogP) is 5.77. The molecule has 0 aliphatic rings. The van der Waals surface area contributed by atoms with Crippen molar-refractivity contribution in [1.29, 1.82) is 0 Å². The molecule has 0 heteroatoms. The summed E-state index contributed by atoms with van der Waals surface area (Å²) in [5, 5.41) is 0. The summed E-state index contributed by atoms with van der Waals surface area (Å²) in [5.74, 6) is 0.571. The van der Waals surface area contributed by atoms with Crippen molar-refractivity contribution in [3.63, 3.8) is 0 Å². The molecule has 100 valence electrons. The van der Waals surface area contributed by atoms with Gasteiger partial charge in [0.25, 0.3) is 0 Å². The first kappa shape index (κ1) is 13.9. The van der Waals surface area contributed by atoms with E-state index in [0.717, 1.165) is 0 Å². The molecule has 0 aliphatic heterocycles. The van der Waals surface area contributed by atoms with E-state index in [9.17, 15) is 0 Å². The van der Waals surface area contributed by atoms with Gasteiger partial charge >= 0.3 is 0 Å². The third-order valence-electron chi connectivity index (χ3n) is 3.60.